The van der Waals surface area contributed by atoms with Crippen molar-refractivity contribution in [3.05, 3.63) is 94.3 Å². The predicted octanol–water partition coefficient (Wildman–Crippen LogP) is 4.07. The highest BCUT2D eigenvalue weighted by molar-refractivity contribution is 7.89. The summed E-state index contributed by atoms with van der Waals surface area (Å²) in [6.07, 6.45) is 1.60. The number of nitrogens with zero attached hydrogens (tertiary/aromatic N) is 3. The van der Waals surface area contributed by atoms with Crippen LogP contribution < -0.4 is 10.1 Å². The van der Waals surface area contributed by atoms with Crippen molar-refractivity contribution in [2.24, 2.45) is 0 Å². The number of hydrogen-bond acceptors (Lipinski definition) is 6. The maximum absolute atomic E-state index is 13.3. The summed E-state index contributed by atoms with van der Waals surface area (Å²) in [6.45, 7) is 0.706. The van der Waals surface area contributed by atoms with Gasteiger partial charge in [0.25, 0.3) is 5.91 Å². The Labute approximate surface area is 202 Å². The van der Waals surface area contributed by atoms with E-state index < -0.39 is 15.9 Å². The van der Waals surface area contributed by atoms with E-state index in [1.165, 1.54) is 36.7 Å². The average Bonchev–Trinajstić information content (AvgIpc) is 3.52. The molecule has 2 aromatic carbocycles. The van der Waals surface area contributed by atoms with Gasteiger partial charge in [-0.15, -0.1) is 11.3 Å². The summed E-state index contributed by atoms with van der Waals surface area (Å²) in [5.41, 5.74) is 1.04. The number of hydrogen-bond donors (Lipinski definition) is 1. The Hall–Kier alpha value is -3.47. The topological polar surface area (TPSA) is 93.5 Å². The molecule has 0 spiro atoms. The highest BCUT2D eigenvalue weighted by Gasteiger charge is 2.26. The van der Waals surface area contributed by atoms with E-state index >= 15 is 0 Å². The number of methoxy groups -OCH3 is 1. The molecule has 8 nitrogen and oxygen atoms in total. The van der Waals surface area contributed by atoms with Crippen molar-refractivity contribution < 1.29 is 17.9 Å². The Bertz CT molecular complexity index is 1370. The lowest BCUT2D eigenvalue weighted by atomic mass is 10.2. The summed E-state index contributed by atoms with van der Waals surface area (Å²) in [5.74, 6) is 0.233. The van der Waals surface area contributed by atoms with Crippen LogP contribution in [0.2, 0.25) is 0 Å². The van der Waals surface area contributed by atoms with Gasteiger partial charge in [0.05, 0.1) is 19.9 Å². The molecule has 0 radical (unpaired) electrons. The Morgan fingerprint density at radius 2 is 1.91 bits per heavy atom. The van der Waals surface area contributed by atoms with E-state index in [-0.39, 0.29) is 22.8 Å². The molecule has 176 valence electrons. The largest absolute Gasteiger partial charge is 0.495 e. The number of nitrogens with one attached hydrogen (secondary N) is 1. The molecule has 0 fully saturated rings. The van der Waals surface area contributed by atoms with Crippen molar-refractivity contribution in [1.82, 2.24) is 14.1 Å². The molecular weight excluding hydrogens is 472 g/mol. The molecule has 0 aliphatic heterocycles. The van der Waals surface area contributed by atoms with Crippen LogP contribution in [0, 0.1) is 0 Å². The zero-order chi connectivity index (χ0) is 24.1. The second-order valence-electron chi connectivity index (χ2n) is 7.52. The zero-order valence-electron chi connectivity index (χ0n) is 18.7. The van der Waals surface area contributed by atoms with Crippen LogP contribution in [-0.2, 0) is 23.1 Å². The van der Waals surface area contributed by atoms with Crippen LogP contribution >= 0.6 is 11.3 Å². The van der Waals surface area contributed by atoms with Crippen molar-refractivity contribution in [2.75, 3.05) is 19.5 Å². The van der Waals surface area contributed by atoms with Gasteiger partial charge in [0.15, 0.2) is 0 Å². The van der Waals surface area contributed by atoms with Gasteiger partial charge >= 0.3 is 0 Å². The molecule has 10 heteroatoms. The van der Waals surface area contributed by atoms with Gasteiger partial charge in [0.2, 0.25) is 10.0 Å². The smallest absolute Gasteiger partial charge is 0.256 e. The van der Waals surface area contributed by atoms with E-state index in [9.17, 15) is 13.2 Å². The van der Waals surface area contributed by atoms with Gasteiger partial charge in [0, 0.05) is 30.1 Å². The van der Waals surface area contributed by atoms with E-state index in [4.69, 9.17) is 4.74 Å². The van der Waals surface area contributed by atoms with Crippen LogP contribution in [-0.4, -0.2) is 42.6 Å². The lowest BCUT2D eigenvalue weighted by Crippen LogP contribution is -2.27. The molecule has 1 N–H and O–H groups in total. The minimum atomic E-state index is -3.93. The number of anilines is 1. The molecule has 2 heterocycles. The molecule has 2 aromatic heterocycles. The summed E-state index contributed by atoms with van der Waals surface area (Å²) < 4.78 is 34.9. The lowest BCUT2D eigenvalue weighted by molar-refractivity contribution is 0.102. The van der Waals surface area contributed by atoms with Gasteiger partial charge in [-0.25, -0.2) is 13.1 Å². The molecule has 4 aromatic rings. The monoisotopic (exact) mass is 496 g/mol. The maximum atomic E-state index is 13.3. The molecule has 0 aliphatic carbocycles. The predicted molar refractivity (Wildman–Crippen MR) is 132 cm³/mol. The molecule has 0 saturated carbocycles. The molecule has 1 amide bonds. The summed E-state index contributed by atoms with van der Waals surface area (Å²) in [5, 5.41) is 9.07. The Morgan fingerprint density at radius 1 is 1.12 bits per heavy atom. The van der Waals surface area contributed by atoms with Crippen molar-refractivity contribution in [1.29, 1.82) is 0 Å². The van der Waals surface area contributed by atoms with Crippen LogP contribution in [0.1, 0.15) is 20.8 Å². The van der Waals surface area contributed by atoms with Gasteiger partial charge in [-0.05, 0) is 35.2 Å². The fourth-order valence-electron chi connectivity index (χ4n) is 3.42. The molecule has 34 heavy (non-hydrogen) atoms. The second-order valence-corrected chi connectivity index (χ2v) is 10.6. The average molecular weight is 497 g/mol. The highest BCUT2D eigenvalue weighted by Crippen LogP contribution is 2.28. The number of benzene rings is 2. The fraction of sp³-hybridized carbons (Fsp3) is 0.167. The van der Waals surface area contributed by atoms with E-state index in [2.05, 4.69) is 10.4 Å². The molecule has 0 atom stereocenters. The van der Waals surface area contributed by atoms with Crippen LogP contribution in [0.15, 0.2) is 83.2 Å². The fourth-order valence-corrected chi connectivity index (χ4v) is 5.44. The number of rotatable bonds is 9. The van der Waals surface area contributed by atoms with E-state index in [0.29, 0.717) is 12.4 Å². The number of thiophene rings is 1. The summed E-state index contributed by atoms with van der Waals surface area (Å²) in [4.78, 5) is 14.0. The SMILES string of the molecule is COc1ccc(C(=O)Nc2ccnn2Cc2cccs2)cc1S(=O)(=O)N(C)Cc1ccccc1. The Kier molecular flexibility index (Phi) is 7.11. The first-order chi connectivity index (χ1) is 16.4. The Morgan fingerprint density at radius 3 is 2.62 bits per heavy atom. The molecule has 4 rings (SSSR count). The first kappa shape index (κ1) is 23.7. The first-order valence-corrected chi connectivity index (χ1v) is 12.7. The minimum Gasteiger partial charge on any atom is -0.495 e. The number of aromatic nitrogens is 2. The van der Waals surface area contributed by atoms with E-state index in [1.54, 1.807) is 28.3 Å². The standard InChI is InChI=1S/C24H24N4O4S2/c1-27(16-18-7-4-3-5-8-18)34(30,31)22-15-19(10-11-21(22)32-2)24(29)26-23-12-13-25-28(23)17-20-9-6-14-33-20/h3-15H,16-17H2,1-2H3,(H,26,29). The normalized spacial score (nSPS) is 11.5. The van der Waals surface area contributed by atoms with Gasteiger partial charge in [-0.3, -0.25) is 4.79 Å². The summed E-state index contributed by atoms with van der Waals surface area (Å²) >= 11 is 1.60. The van der Waals surface area contributed by atoms with Crippen LogP contribution in [0.25, 0.3) is 0 Å². The number of carbonyl (C=O) groups excluding carboxylic acids is 1. The third-order valence-electron chi connectivity index (χ3n) is 5.21. The second kappa shape index (κ2) is 10.2. The molecule has 0 saturated heterocycles. The van der Waals surface area contributed by atoms with Crippen molar-refractivity contribution in [3.8, 4) is 5.75 Å². The number of ether oxygens (including phenoxy) is 1. The van der Waals surface area contributed by atoms with Crippen LogP contribution in [0.4, 0.5) is 5.82 Å². The third kappa shape index (κ3) is 5.19. The molecule has 0 bridgehead atoms. The van der Waals surface area contributed by atoms with Crippen molar-refractivity contribution in [2.45, 2.75) is 18.0 Å². The molecule has 0 unspecified atom stereocenters. The van der Waals surface area contributed by atoms with Gasteiger partial charge in [0.1, 0.15) is 16.5 Å². The van der Waals surface area contributed by atoms with Crippen molar-refractivity contribution in [3.63, 3.8) is 0 Å². The number of sulfonamides is 1. The summed E-state index contributed by atoms with van der Waals surface area (Å²) in [7, 11) is -1.03. The van der Waals surface area contributed by atoms with Crippen LogP contribution in [0.3, 0.4) is 0 Å². The van der Waals surface area contributed by atoms with E-state index in [1.807, 2.05) is 47.8 Å². The minimum absolute atomic E-state index is 0.0758. The van der Waals surface area contributed by atoms with Crippen LogP contribution in [0.5, 0.6) is 5.75 Å². The van der Waals surface area contributed by atoms with Crippen molar-refractivity contribution >= 4 is 33.1 Å². The highest BCUT2D eigenvalue weighted by atomic mass is 32.2. The zero-order valence-corrected chi connectivity index (χ0v) is 20.3. The third-order valence-corrected chi connectivity index (χ3v) is 7.89. The number of carbonyl (C=O) groups is 1. The molecule has 0 aliphatic rings. The summed E-state index contributed by atoms with van der Waals surface area (Å²) in [6, 6.07) is 19.3. The van der Waals surface area contributed by atoms with Gasteiger partial charge in [-0.2, -0.15) is 9.40 Å². The lowest BCUT2D eigenvalue weighted by Gasteiger charge is -2.19. The van der Waals surface area contributed by atoms with Gasteiger partial charge in [-0.1, -0.05) is 36.4 Å². The van der Waals surface area contributed by atoms with Gasteiger partial charge < -0.3 is 10.1 Å². The first-order valence-electron chi connectivity index (χ1n) is 10.4. The number of amides is 1. The Balaban J connectivity index is 1.57. The quantitative estimate of drug-likeness (QED) is 0.377. The molecular formula is C24H24N4O4S2. The van der Waals surface area contributed by atoms with E-state index in [0.717, 1.165) is 10.4 Å². The maximum Gasteiger partial charge on any atom is 0.256 e.